The van der Waals surface area contributed by atoms with Gasteiger partial charge in [0.1, 0.15) is 0 Å². The molecule has 0 aromatic heterocycles. The number of anilines is 1. The maximum Gasteiger partial charge on any atom is 0.243 e. The Morgan fingerprint density at radius 1 is 0.964 bits per heavy atom. The van der Waals surface area contributed by atoms with Crippen LogP contribution in [-0.4, -0.2) is 31.7 Å². The van der Waals surface area contributed by atoms with Crippen LogP contribution in [0.15, 0.2) is 47.4 Å². The monoisotopic (exact) mass is 400 g/mol. The van der Waals surface area contributed by atoms with Crippen molar-refractivity contribution in [2.24, 2.45) is 0 Å². The summed E-state index contributed by atoms with van der Waals surface area (Å²) in [6.07, 6.45) is 4.99. The summed E-state index contributed by atoms with van der Waals surface area (Å²) in [5.74, 6) is -0.102. The maximum atomic E-state index is 12.5. The Morgan fingerprint density at radius 3 is 2.25 bits per heavy atom. The molecule has 0 unspecified atom stereocenters. The summed E-state index contributed by atoms with van der Waals surface area (Å²) in [7, 11) is -3.48. The number of benzene rings is 2. The van der Waals surface area contributed by atoms with E-state index in [1.54, 1.807) is 24.3 Å². The number of nitrogens with one attached hydrogen (secondary N) is 1. The second-order valence-electron chi connectivity index (χ2n) is 7.15. The third kappa shape index (κ3) is 4.62. The third-order valence-corrected chi connectivity index (χ3v) is 7.32. The van der Waals surface area contributed by atoms with Gasteiger partial charge in [0.2, 0.25) is 15.9 Å². The van der Waals surface area contributed by atoms with E-state index in [0.29, 0.717) is 25.2 Å². The number of rotatable bonds is 7. The van der Waals surface area contributed by atoms with Gasteiger partial charge >= 0.3 is 0 Å². The highest BCUT2D eigenvalue weighted by Gasteiger charge is 2.21. The summed E-state index contributed by atoms with van der Waals surface area (Å²) in [4.78, 5) is 12.6. The second kappa shape index (κ2) is 8.88. The summed E-state index contributed by atoms with van der Waals surface area (Å²) >= 11 is 0. The van der Waals surface area contributed by atoms with Gasteiger partial charge in [-0.1, -0.05) is 32.0 Å². The topological polar surface area (TPSA) is 66.5 Å². The van der Waals surface area contributed by atoms with Crippen LogP contribution in [0, 0.1) is 0 Å². The van der Waals surface area contributed by atoms with E-state index < -0.39 is 10.0 Å². The zero-order valence-electron chi connectivity index (χ0n) is 16.6. The van der Waals surface area contributed by atoms with Crippen LogP contribution in [0.25, 0.3) is 0 Å². The molecule has 1 N–H and O–H groups in total. The fourth-order valence-electron chi connectivity index (χ4n) is 3.71. The van der Waals surface area contributed by atoms with E-state index in [4.69, 9.17) is 0 Å². The van der Waals surface area contributed by atoms with Crippen LogP contribution in [0.3, 0.4) is 0 Å². The molecule has 0 saturated heterocycles. The Bertz CT molecular complexity index is 933. The Morgan fingerprint density at radius 2 is 1.61 bits per heavy atom. The molecule has 1 aliphatic rings. The van der Waals surface area contributed by atoms with Gasteiger partial charge in [-0.25, -0.2) is 8.42 Å². The molecule has 1 aliphatic carbocycles. The Balaban J connectivity index is 1.65. The molecule has 28 heavy (non-hydrogen) atoms. The standard InChI is InChI=1S/C22H28N2O3S/c1-3-24(4-2)28(26,27)21-13-11-20(12-14-21)23-22(25)16-17-9-10-18-7-5-6-8-19(18)15-17/h9-15H,3-8,16H2,1-2H3,(H,23,25). The number of hydrogen-bond donors (Lipinski definition) is 1. The van der Waals surface area contributed by atoms with Crippen molar-refractivity contribution in [3.05, 3.63) is 59.2 Å². The predicted molar refractivity (Wildman–Crippen MR) is 112 cm³/mol. The van der Waals surface area contributed by atoms with Crippen LogP contribution >= 0.6 is 0 Å². The second-order valence-corrected chi connectivity index (χ2v) is 9.09. The molecule has 2 aromatic carbocycles. The van der Waals surface area contributed by atoms with Crippen molar-refractivity contribution >= 4 is 21.6 Å². The number of hydrogen-bond acceptors (Lipinski definition) is 3. The zero-order valence-corrected chi connectivity index (χ0v) is 17.4. The number of carbonyl (C=O) groups excluding carboxylic acids is 1. The fourth-order valence-corrected chi connectivity index (χ4v) is 5.17. The first kappa shape index (κ1) is 20.6. The van der Waals surface area contributed by atoms with Crippen LogP contribution < -0.4 is 5.32 Å². The Labute approximate surface area is 167 Å². The first-order chi connectivity index (χ1) is 13.4. The van der Waals surface area contributed by atoms with Gasteiger partial charge in [-0.05, 0) is 66.6 Å². The van der Waals surface area contributed by atoms with Crippen LogP contribution in [0.5, 0.6) is 0 Å². The number of fused-ring (bicyclic) bond motifs is 1. The number of nitrogens with zero attached hydrogens (tertiary/aromatic N) is 1. The van der Waals surface area contributed by atoms with Gasteiger partial charge in [-0.3, -0.25) is 4.79 Å². The first-order valence-electron chi connectivity index (χ1n) is 9.94. The molecule has 0 fully saturated rings. The van der Waals surface area contributed by atoms with Crippen molar-refractivity contribution in [3.8, 4) is 0 Å². The molecule has 0 spiro atoms. The minimum atomic E-state index is -3.48. The van der Waals surface area contributed by atoms with Gasteiger partial charge in [-0.15, -0.1) is 0 Å². The summed E-state index contributed by atoms with van der Waals surface area (Å²) in [5.41, 5.74) is 4.38. The minimum absolute atomic E-state index is 0.102. The molecular weight excluding hydrogens is 372 g/mol. The first-order valence-corrected chi connectivity index (χ1v) is 11.4. The lowest BCUT2D eigenvalue weighted by Gasteiger charge is -2.18. The highest BCUT2D eigenvalue weighted by atomic mass is 32.2. The molecule has 0 bridgehead atoms. The van der Waals surface area contributed by atoms with Gasteiger partial charge in [0.15, 0.2) is 0 Å². The molecule has 3 rings (SSSR count). The van der Waals surface area contributed by atoms with Gasteiger partial charge in [0, 0.05) is 18.8 Å². The van der Waals surface area contributed by atoms with Crippen LogP contribution in [0.1, 0.15) is 43.4 Å². The number of amides is 1. The van der Waals surface area contributed by atoms with Crippen molar-refractivity contribution in [1.82, 2.24) is 4.31 Å². The van der Waals surface area contributed by atoms with Crippen LogP contribution in [0.4, 0.5) is 5.69 Å². The minimum Gasteiger partial charge on any atom is -0.326 e. The highest BCUT2D eigenvalue weighted by molar-refractivity contribution is 7.89. The van der Waals surface area contributed by atoms with E-state index in [1.165, 1.54) is 28.3 Å². The van der Waals surface area contributed by atoms with Crippen molar-refractivity contribution in [1.29, 1.82) is 0 Å². The van der Waals surface area contributed by atoms with Crippen LogP contribution in [-0.2, 0) is 34.1 Å². The molecule has 0 aliphatic heterocycles. The van der Waals surface area contributed by atoms with Crippen molar-refractivity contribution < 1.29 is 13.2 Å². The lowest BCUT2D eigenvalue weighted by Crippen LogP contribution is -2.30. The Hall–Kier alpha value is -2.18. The molecular formula is C22H28N2O3S. The van der Waals surface area contributed by atoms with E-state index in [2.05, 4.69) is 17.4 Å². The van der Waals surface area contributed by atoms with E-state index in [-0.39, 0.29) is 10.8 Å². The fraction of sp³-hybridized carbons (Fsp3) is 0.409. The van der Waals surface area contributed by atoms with E-state index in [1.807, 2.05) is 19.9 Å². The SMILES string of the molecule is CCN(CC)S(=O)(=O)c1ccc(NC(=O)Cc2ccc3c(c2)CCCC3)cc1. The zero-order chi connectivity index (χ0) is 20.1. The van der Waals surface area contributed by atoms with Crippen molar-refractivity contribution in [2.45, 2.75) is 50.8 Å². The maximum absolute atomic E-state index is 12.5. The normalized spacial score (nSPS) is 14.0. The van der Waals surface area contributed by atoms with Gasteiger partial charge in [0.25, 0.3) is 0 Å². The average molecular weight is 401 g/mol. The summed E-state index contributed by atoms with van der Waals surface area (Å²) in [6.45, 7) is 4.49. The molecule has 0 radical (unpaired) electrons. The molecule has 0 saturated carbocycles. The summed E-state index contributed by atoms with van der Waals surface area (Å²) in [5, 5.41) is 2.86. The number of sulfonamides is 1. The molecule has 5 nitrogen and oxygen atoms in total. The Kier molecular flexibility index (Phi) is 6.52. The van der Waals surface area contributed by atoms with Crippen molar-refractivity contribution in [2.75, 3.05) is 18.4 Å². The highest BCUT2D eigenvalue weighted by Crippen LogP contribution is 2.23. The van der Waals surface area contributed by atoms with Gasteiger partial charge < -0.3 is 5.32 Å². The van der Waals surface area contributed by atoms with Gasteiger partial charge in [0.05, 0.1) is 11.3 Å². The lowest BCUT2D eigenvalue weighted by molar-refractivity contribution is -0.115. The lowest BCUT2D eigenvalue weighted by atomic mass is 9.90. The number of carbonyl (C=O) groups is 1. The smallest absolute Gasteiger partial charge is 0.243 e. The van der Waals surface area contributed by atoms with E-state index >= 15 is 0 Å². The average Bonchev–Trinajstić information content (AvgIpc) is 2.69. The summed E-state index contributed by atoms with van der Waals surface area (Å²) < 4.78 is 26.5. The molecule has 1 amide bonds. The van der Waals surface area contributed by atoms with Gasteiger partial charge in [-0.2, -0.15) is 4.31 Å². The molecule has 6 heteroatoms. The third-order valence-electron chi connectivity index (χ3n) is 5.26. The quantitative estimate of drug-likeness (QED) is 0.769. The molecule has 0 atom stereocenters. The van der Waals surface area contributed by atoms with E-state index in [9.17, 15) is 13.2 Å². The summed E-state index contributed by atoms with van der Waals surface area (Å²) in [6, 6.07) is 12.7. The molecule has 150 valence electrons. The van der Waals surface area contributed by atoms with Crippen molar-refractivity contribution in [3.63, 3.8) is 0 Å². The van der Waals surface area contributed by atoms with Crippen LogP contribution in [0.2, 0.25) is 0 Å². The molecule has 0 heterocycles. The molecule has 2 aromatic rings. The number of aryl methyl sites for hydroxylation is 2. The predicted octanol–water partition coefficient (Wildman–Crippen LogP) is 3.78. The largest absolute Gasteiger partial charge is 0.326 e. The van der Waals surface area contributed by atoms with E-state index in [0.717, 1.165) is 18.4 Å².